The number of alkyl halides is 1. The third kappa shape index (κ3) is 9.63. The highest BCUT2D eigenvalue weighted by Gasteiger charge is 1.86. The highest BCUT2D eigenvalue weighted by atomic mass is 19.1. The van der Waals surface area contributed by atoms with E-state index in [0.29, 0.717) is 6.42 Å². The largest absolute Gasteiger partial charge is 0.396 e. The first kappa shape index (κ1) is 11.6. The quantitative estimate of drug-likeness (QED) is 0.443. The Morgan fingerprint density at radius 2 is 1.58 bits per heavy atom. The van der Waals surface area contributed by atoms with Crippen molar-refractivity contribution in [2.45, 2.75) is 38.5 Å². The van der Waals surface area contributed by atoms with Crippen LogP contribution in [0.25, 0.3) is 0 Å². The zero-order valence-corrected chi connectivity index (χ0v) is 7.64. The molecule has 0 saturated carbocycles. The maximum atomic E-state index is 11.6. The van der Waals surface area contributed by atoms with Crippen LogP contribution in [0.4, 0.5) is 4.39 Å². The summed E-state index contributed by atoms with van der Waals surface area (Å²) < 4.78 is 11.6. The Balaban J connectivity index is 2.90. The van der Waals surface area contributed by atoms with Gasteiger partial charge in [0.05, 0.1) is 6.67 Å². The molecule has 0 amide bonds. The fraction of sp³-hybridized carbons (Fsp3) is 0.800. The molecule has 0 radical (unpaired) electrons. The SMILES string of the molecule is OCC/C=C\CCCCCCF. The number of halogens is 1. The maximum absolute atomic E-state index is 11.6. The monoisotopic (exact) mass is 174 g/mol. The van der Waals surface area contributed by atoms with Gasteiger partial charge < -0.3 is 5.11 Å². The predicted molar refractivity (Wildman–Crippen MR) is 49.9 cm³/mol. The Kier molecular flexibility index (Phi) is 10.3. The van der Waals surface area contributed by atoms with E-state index >= 15 is 0 Å². The van der Waals surface area contributed by atoms with Gasteiger partial charge in [-0.3, -0.25) is 4.39 Å². The molecule has 0 rings (SSSR count). The van der Waals surface area contributed by atoms with Gasteiger partial charge in [-0.05, 0) is 25.7 Å². The molecular formula is C10H19FO. The molecule has 0 saturated heterocycles. The Bertz CT molecular complexity index is 102. The molecule has 0 aromatic heterocycles. The van der Waals surface area contributed by atoms with Crippen LogP contribution in [0.2, 0.25) is 0 Å². The van der Waals surface area contributed by atoms with E-state index in [0.717, 1.165) is 32.1 Å². The van der Waals surface area contributed by atoms with E-state index in [1.54, 1.807) is 0 Å². The third-order valence-electron chi connectivity index (χ3n) is 1.72. The van der Waals surface area contributed by atoms with Crippen LogP contribution in [-0.2, 0) is 0 Å². The molecule has 72 valence electrons. The van der Waals surface area contributed by atoms with Crippen LogP contribution < -0.4 is 0 Å². The van der Waals surface area contributed by atoms with E-state index in [9.17, 15) is 4.39 Å². The van der Waals surface area contributed by atoms with Crippen LogP contribution in [0.15, 0.2) is 12.2 Å². The molecule has 0 aromatic rings. The molecule has 0 aromatic carbocycles. The van der Waals surface area contributed by atoms with Crippen molar-refractivity contribution in [3.05, 3.63) is 12.2 Å². The van der Waals surface area contributed by atoms with Crippen molar-refractivity contribution in [2.75, 3.05) is 13.3 Å². The Morgan fingerprint density at radius 1 is 0.917 bits per heavy atom. The smallest absolute Gasteiger partial charge is 0.0894 e. The van der Waals surface area contributed by atoms with E-state index in [1.165, 1.54) is 0 Å². The van der Waals surface area contributed by atoms with Crippen LogP contribution in [0, 0.1) is 0 Å². The number of unbranched alkanes of at least 4 members (excludes halogenated alkanes) is 4. The summed E-state index contributed by atoms with van der Waals surface area (Å²) in [5, 5.41) is 8.45. The van der Waals surface area contributed by atoms with E-state index in [2.05, 4.69) is 6.08 Å². The number of allylic oxidation sites excluding steroid dienone is 1. The number of hydrogen-bond donors (Lipinski definition) is 1. The van der Waals surface area contributed by atoms with Crippen LogP contribution in [0.3, 0.4) is 0 Å². The summed E-state index contributed by atoms with van der Waals surface area (Å²) in [6, 6.07) is 0. The zero-order valence-electron chi connectivity index (χ0n) is 7.64. The summed E-state index contributed by atoms with van der Waals surface area (Å²) in [4.78, 5) is 0. The van der Waals surface area contributed by atoms with Crippen LogP contribution in [0.5, 0.6) is 0 Å². The maximum Gasteiger partial charge on any atom is 0.0894 e. The number of aliphatic hydroxyl groups excluding tert-OH is 1. The molecule has 0 aliphatic carbocycles. The van der Waals surface area contributed by atoms with Gasteiger partial charge in [-0.1, -0.05) is 25.0 Å². The first-order valence-electron chi connectivity index (χ1n) is 4.73. The highest BCUT2D eigenvalue weighted by Crippen LogP contribution is 2.03. The molecular weight excluding hydrogens is 155 g/mol. The molecule has 0 fully saturated rings. The van der Waals surface area contributed by atoms with Gasteiger partial charge in [0, 0.05) is 6.61 Å². The van der Waals surface area contributed by atoms with E-state index in [-0.39, 0.29) is 13.3 Å². The lowest BCUT2D eigenvalue weighted by molar-refractivity contribution is 0.302. The van der Waals surface area contributed by atoms with Crippen molar-refractivity contribution in [1.29, 1.82) is 0 Å². The molecule has 0 atom stereocenters. The molecule has 2 heteroatoms. The lowest BCUT2D eigenvalue weighted by Crippen LogP contribution is -1.79. The standard InChI is InChI=1S/C10H19FO/c11-9-7-5-3-1-2-4-6-8-10-12/h4,6,12H,1-3,5,7-10H2/b6-4-. The van der Waals surface area contributed by atoms with Crippen molar-refractivity contribution in [3.8, 4) is 0 Å². The summed E-state index contributed by atoms with van der Waals surface area (Å²) in [5.41, 5.74) is 0. The summed E-state index contributed by atoms with van der Waals surface area (Å²) in [5.74, 6) is 0. The topological polar surface area (TPSA) is 20.2 Å². The van der Waals surface area contributed by atoms with Crippen LogP contribution in [0.1, 0.15) is 38.5 Å². The second kappa shape index (κ2) is 10.6. The van der Waals surface area contributed by atoms with Gasteiger partial charge in [-0.2, -0.15) is 0 Å². The molecule has 1 nitrogen and oxygen atoms in total. The van der Waals surface area contributed by atoms with Crippen molar-refractivity contribution < 1.29 is 9.50 Å². The second-order valence-corrected chi connectivity index (χ2v) is 2.88. The minimum atomic E-state index is -0.180. The number of hydrogen-bond acceptors (Lipinski definition) is 1. The normalized spacial score (nSPS) is 11.2. The lowest BCUT2D eigenvalue weighted by atomic mass is 10.1. The summed E-state index contributed by atoms with van der Waals surface area (Å²) >= 11 is 0. The average molecular weight is 174 g/mol. The van der Waals surface area contributed by atoms with Gasteiger partial charge in [-0.25, -0.2) is 0 Å². The van der Waals surface area contributed by atoms with Crippen molar-refractivity contribution >= 4 is 0 Å². The second-order valence-electron chi connectivity index (χ2n) is 2.88. The van der Waals surface area contributed by atoms with Crippen molar-refractivity contribution in [1.82, 2.24) is 0 Å². The molecule has 0 spiro atoms. The Labute approximate surface area is 74.3 Å². The first-order valence-corrected chi connectivity index (χ1v) is 4.73. The number of aliphatic hydroxyl groups is 1. The van der Waals surface area contributed by atoms with Crippen LogP contribution in [-0.4, -0.2) is 18.4 Å². The van der Waals surface area contributed by atoms with Crippen molar-refractivity contribution in [3.63, 3.8) is 0 Å². The summed E-state index contributed by atoms with van der Waals surface area (Å²) in [6.45, 7) is 0.0543. The van der Waals surface area contributed by atoms with Gasteiger partial charge in [-0.15, -0.1) is 0 Å². The molecule has 0 aliphatic rings. The molecule has 1 N–H and O–H groups in total. The van der Waals surface area contributed by atoms with Crippen molar-refractivity contribution in [2.24, 2.45) is 0 Å². The van der Waals surface area contributed by atoms with E-state index in [4.69, 9.17) is 5.11 Å². The van der Waals surface area contributed by atoms with E-state index in [1.807, 2.05) is 6.08 Å². The van der Waals surface area contributed by atoms with Gasteiger partial charge in [0.25, 0.3) is 0 Å². The lowest BCUT2D eigenvalue weighted by Gasteiger charge is -1.94. The number of rotatable bonds is 8. The van der Waals surface area contributed by atoms with Gasteiger partial charge in [0.2, 0.25) is 0 Å². The Morgan fingerprint density at radius 3 is 2.25 bits per heavy atom. The fourth-order valence-electron chi connectivity index (χ4n) is 1.02. The summed E-state index contributed by atoms with van der Waals surface area (Å²) in [7, 11) is 0. The minimum Gasteiger partial charge on any atom is -0.396 e. The van der Waals surface area contributed by atoms with Gasteiger partial charge >= 0.3 is 0 Å². The molecule has 0 aliphatic heterocycles. The summed E-state index contributed by atoms with van der Waals surface area (Å²) in [6.07, 6.45) is 9.87. The molecule has 0 unspecified atom stereocenters. The average Bonchev–Trinajstić information content (AvgIpc) is 2.10. The third-order valence-corrected chi connectivity index (χ3v) is 1.72. The zero-order chi connectivity index (χ0) is 9.07. The molecule has 12 heavy (non-hydrogen) atoms. The van der Waals surface area contributed by atoms with Gasteiger partial charge in [0.1, 0.15) is 0 Å². The fourth-order valence-corrected chi connectivity index (χ4v) is 1.02. The highest BCUT2D eigenvalue weighted by molar-refractivity contribution is 4.80. The van der Waals surface area contributed by atoms with Gasteiger partial charge in [0.15, 0.2) is 0 Å². The van der Waals surface area contributed by atoms with E-state index < -0.39 is 0 Å². The minimum absolute atomic E-state index is 0.180. The molecule has 0 bridgehead atoms. The Hall–Kier alpha value is -0.370. The first-order chi connectivity index (χ1) is 5.91. The predicted octanol–water partition coefficient (Wildman–Crippen LogP) is 2.85. The molecule has 0 heterocycles. The van der Waals surface area contributed by atoms with Crippen LogP contribution >= 0.6 is 0 Å².